The van der Waals surface area contributed by atoms with E-state index >= 15 is 0 Å². The van der Waals surface area contributed by atoms with Crippen molar-refractivity contribution < 1.29 is 9.53 Å². The lowest BCUT2D eigenvalue weighted by Crippen LogP contribution is -2.49. The molecule has 1 aromatic heterocycles. The van der Waals surface area contributed by atoms with E-state index in [0.717, 1.165) is 51.0 Å². The fourth-order valence-electron chi connectivity index (χ4n) is 3.06. The Bertz CT molecular complexity index is 553. The Kier molecular flexibility index (Phi) is 5.47. The van der Waals surface area contributed by atoms with Gasteiger partial charge in [-0.1, -0.05) is 0 Å². The minimum absolute atomic E-state index is 0.0894. The lowest BCUT2D eigenvalue weighted by atomic mass is 10.2. The number of hydrogen-bond donors (Lipinski definition) is 1. The third-order valence-electron chi connectivity index (χ3n) is 4.43. The van der Waals surface area contributed by atoms with Crippen molar-refractivity contribution >= 4 is 17.5 Å². The van der Waals surface area contributed by atoms with E-state index in [1.165, 1.54) is 0 Å². The first-order chi connectivity index (χ1) is 11.6. The highest BCUT2D eigenvalue weighted by atomic mass is 16.5. The molecule has 3 rings (SSSR count). The maximum Gasteiger partial charge on any atom is 0.224 e. The van der Waals surface area contributed by atoms with Gasteiger partial charge in [0.15, 0.2) is 0 Å². The van der Waals surface area contributed by atoms with Crippen LogP contribution in [0.1, 0.15) is 13.3 Å². The van der Waals surface area contributed by atoms with Gasteiger partial charge in [-0.2, -0.15) is 0 Å². The van der Waals surface area contributed by atoms with E-state index < -0.39 is 0 Å². The highest BCUT2D eigenvalue weighted by Crippen LogP contribution is 2.20. The van der Waals surface area contributed by atoms with Crippen molar-refractivity contribution in [2.24, 2.45) is 5.73 Å². The molecule has 2 saturated heterocycles. The van der Waals surface area contributed by atoms with Gasteiger partial charge in [-0.25, -0.2) is 9.97 Å². The van der Waals surface area contributed by atoms with Gasteiger partial charge < -0.3 is 25.2 Å². The molecule has 2 aliphatic heterocycles. The van der Waals surface area contributed by atoms with E-state index in [2.05, 4.69) is 19.8 Å². The number of hydrogen-bond acceptors (Lipinski definition) is 7. The van der Waals surface area contributed by atoms with E-state index in [9.17, 15) is 4.79 Å². The van der Waals surface area contributed by atoms with E-state index in [4.69, 9.17) is 10.5 Å². The van der Waals surface area contributed by atoms with Gasteiger partial charge in [0.2, 0.25) is 5.91 Å². The van der Waals surface area contributed by atoms with E-state index in [-0.39, 0.29) is 11.9 Å². The fourth-order valence-corrected chi connectivity index (χ4v) is 3.06. The monoisotopic (exact) mass is 334 g/mol. The number of piperazine rings is 1. The normalized spacial score (nSPS) is 20.2. The molecule has 0 bridgehead atoms. The fraction of sp³-hybridized carbons (Fsp3) is 0.688. The zero-order chi connectivity index (χ0) is 16.9. The molecule has 2 N–H and O–H groups in total. The Morgan fingerprint density at radius 1 is 1.12 bits per heavy atom. The SMILES string of the molecule is CC(N)CC(=O)N1CCN(c2cc(N3CCOCC3)ncn2)CC1. The number of rotatable bonds is 4. The molecule has 1 unspecified atom stereocenters. The summed E-state index contributed by atoms with van der Waals surface area (Å²) in [5.41, 5.74) is 5.72. The molecule has 0 spiro atoms. The van der Waals surface area contributed by atoms with Gasteiger partial charge >= 0.3 is 0 Å². The Hall–Kier alpha value is -1.93. The molecule has 24 heavy (non-hydrogen) atoms. The molecule has 132 valence electrons. The second-order valence-electron chi connectivity index (χ2n) is 6.38. The summed E-state index contributed by atoms with van der Waals surface area (Å²) in [5, 5.41) is 0. The largest absolute Gasteiger partial charge is 0.378 e. The molecule has 2 fully saturated rings. The standard InChI is InChI=1S/C16H26N6O2/c1-13(17)10-16(23)22-4-2-20(3-5-22)14-11-15(19-12-18-14)21-6-8-24-9-7-21/h11-13H,2-10,17H2,1H3. The van der Waals surface area contributed by atoms with E-state index in [1.807, 2.05) is 17.9 Å². The van der Waals surface area contributed by atoms with Crippen molar-refractivity contribution in [1.29, 1.82) is 0 Å². The predicted octanol–water partition coefficient (Wildman–Crippen LogP) is -0.301. The van der Waals surface area contributed by atoms with Crippen LogP contribution >= 0.6 is 0 Å². The highest BCUT2D eigenvalue weighted by molar-refractivity contribution is 5.77. The molecule has 0 radical (unpaired) electrons. The molecule has 0 saturated carbocycles. The van der Waals surface area contributed by atoms with Gasteiger partial charge in [0.05, 0.1) is 13.2 Å². The van der Waals surface area contributed by atoms with Crippen LogP contribution in [-0.2, 0) is 9.53 Å². The van der Waals surface area contributed by atoms with Gasteiger partial charge in [-0.15, -0.1) is 0 Å². The third kappa shape index (κ3) is 4.12. The highest BCUT2D eigenvalue weighted by Gasteiger charge is 2.23. The molecule has 2 aliphatic rings. The van der Waals surface area contributed by atoms with Gasteiger partial charge in [0.25, 0.3) is 0 Å². The second-order valence-corrected chi connectivity index (χ2v) is 6.38. The summed E-state index contributed by atoms with van der Waals surface area (Å²) in [5.74, 6) is 2.01. The molecule has 0 aromatic carbocycles. The van der Waals surface area contributed by atoms with Gasteiger partial charge in [-0.05, 0) is 6.92 Å². The molecular formula is C16H26N6O2. The first-order valence-electron chi connectivity index (χ1n) is 8.56. The number of nitrogens with two attached hydrogens (primary N) is 1. The Morgan fingerprint density at radius 3 is 2.29 bits per heavy atom. The van der Waals surface area contributed by atoms with Crippen LogP contribution < -0.4 is 15.5 Å². The summed E-state index contributed by atoms with van der Waals surface area (Å²) in [6.07, 6.45) is 2.03. The molecule has 8 nitrogen and oxygen atoms in total. The maximum absolute atomic E-state index is 12.1. The van der Waals surface area contributed by atoms with Crippen LogP contribution in [0.15, 0.2) is 12.4 Å². The van der Waals surface area contributed by atoms with Gasteiger partial charge in [-0.3, -0.25) is 4.79 Å². The summed E-state index contributed by atoms with van der Waals surface area (Å²) >= 11 is 0. The maximum atomic E-state index is 12.1. The first kappa shape index (κ1) is 16.9. The number of aromatic nitrogens is 2. The number of anilines is 2. The van der Waals surface area contributed by atoms with E-state index in [0.29, 0.717) is 19.5 Å². The Labute approximate surface area is 142 Å². The Morgan fingerprint density at radius 2 is 1.71 bits per heavy atom. The van der Waals surface area contributed by atoms with Crippen LogP contribution in [0.25, 0.3) is 0 Å². The van der Waals surface area contributed by atoms with Crippen molar-refractivity contribution in [3.63, 3.8) is 0 Å². The zero-order valence-electron chi connectivity index (χ0n) is 14.2. The van der Waals surface area contributed by atoms with E-state index in [1.54, 1.807) is 6.33 Å². The van der Waals surface area contributed by atoms with Crippen molar-refractivity contribution in [1.82, 2.24) is 14.9 Å². The molecule has 1 aromatic rings. The molecule has 0 aliphatic carbocycles. The van der Waals surface area contributed by atoms with Crippen LogP contribution in [0, 0.1) is 0 Å². The average molecular weight is 334 g/mol. The molecule has 1 amide bonds. The lowest BCUT2D eigenvalue weighted by molar-refractivity contribution is -0.131. The number of carbonyl (C=O) groups excluding carboxylic acids is 1. The van der Waals surface area contributed by atoms with Crippen molar-refractivity contribution in [2.45, 2.75) is 19.4 Å². The summed E-state index contributed by atoms with van der Waals surface area (Å²) < 4.78 is 5.39. The minimum Gasteiger partial charge on any atom is -0.378 e. The minimum atomic E-state index is -0.0894. The van der Waals surface area contributed by atoms with Crippen LogP contribution in [0.4, 0.5) is 11.6 Å². The van der Waals surface area contributed by atoms with Crippen molar-refractivity contribution in [3.8, 4) is 0 Å². The van der Waals surface area contributed by atoms with Crippen LogP contribution in [0.3, 0.4) is 0 Å². The number of amides is 1. The number of nitrogens with zero attached hydrogens (tertiary/aromatic N) is 5. The Balaban J connectivity index is 1.59. The number of morpholine rings is 1. The first-order valence-corrected chi connectivity index (χ1v) is 8.56. The molecular weight excluding hydrogens is 308 g/mol. The third-order valence-corrected chi connectivity index (χ3v) is 4.43. The second kappa shape index (κ2) is 7.76. The lowest BCUT2D eigenvalue weighted by Gasteiger charge is -2.36. The molecule has 1 atom stereocenters. The molecule has 8 heteroatoms. The summed E-state index contributed by atoms with van der Waals surface area (Å²) in [6.45, 7) is 8.03. The number of carbonyl (C=O) groups is 1. The zero-order valence-corrected chi connectivity index (χ0v) is 14.2. The summed E-state index contributed by atoms with van der Waals surface area (Å²) in [7, 11) is 0. The molecule has 3 heterocycles. The number of ether oxygens (including phenoxy) is 1. The topological polar surface area (TPSA) is 87.8 Å². The van der Waals surface area contributed by atoms with Crippen molar-refractivity contribution in [2.75, 3.05) is 62.3 Å². The average Bonchev–Trinajstić information content (AvgIpc) is 2.62. The summed E-state index contributed by atoms with van der Waals surface area (Å²) in [4.78, 5) is 27.2. The van der Waals surface area contributed by atoms with Crippen LogP contribution in [-0.4, -0.2) is 79.3 Å². The van der Waals surface area contributed by atoms with Crippen LogP contribution in [0.5, 0.6) is 0 Å². The smallest absolute Gasteiger partial charge is 0.224 e. The predicted molar refractivity (Wildman–Crippen MR) is 92.1 cm³/mol. The summed E-state index contributed by atoms with van der Waals surface area (Å²) in [6, 6.07) is 1.94. The van der Waals surface area contributed by atoms with Gasteiger partial charge in [0.1, 0.15) is 18.0 Å². The van der Waals surface area contributed by atoms with Gasteiger partial charge in [0, 0.05) is 57.8 Å². The quantitative estimate of drug-likeness (QED) is 0.809. The van der Waals surface area contributed by atoms with Crippen LogP contribution in [0.2, 0.25) is 0 Å². The van der Waals surface area contributed by atoms with Crippen molar-refractivity contribution in [3.05, 3.63) is 12.4 Å².